The van der Waals surface area contributed by atoms with Crippen LogP contribution in [0.5, 0.6) is 0 Å². The van der Waals surface area contributed by atoms with Gasteiger partial charge in [-0.1, -0.05) is 29.3 Å². The third kappa shape index (κ3) is 2.20. The van der Waals surface area contributed by atoms with Crippen LogP contribution in [-0.4, -0.2) is 35.2 Å². The van der Waals surface area contributed by atoms with Crippen LogP contribution in [0.15, 0.2) is 30.3 Å². The van der Waals surface area contributed by atoms with E-state index in [-0.39, 0.29) is 28.6 Å². The predicted octanol–water partition coefficient (Wildman–Crippen LogP) is 3.53. The second-order valence-corrected chi connectivity index (χ2v) is 9.65. The molecule has 3 saturated heterocycles. The highest BCUT2D eigenvalue weighted by Gasteiger charge is 2.74. The lowest BCUT2D eigenvalue weighted by Gasteiger charge is -2.36. The van der Waals surface area contributed by atoms with Crippen molar-refractivity contribution in [3.05, 3.63) is 57.9 Å². The number of rotatable bonds is 1. The number of hydrogen-bond acceptors (Lipinski definition) is 4. The topological polar surface area (TPSA) is 69.7 Å². The summed E-state index contributed by atoms with van der Waals surface area (Å²) >= 11 is 5.95. The van der Waals surface area contributed by atoms with Crippen LogP contribution in [0.25, 0.3) is 0 Å². The molecule has 0 aliphatic carbocycles. The van der Waals surface area contributed by atoms with Crippen molar-refractivity contribution in [2.45, 2.75) is 38.3 Å². The van der Waals surface area contributed by atoms with E-state index in [1.54, 1.807) is 0 Å². The van der Waals surface area contributed by atoms with Gasteiger partial charge in [-0.15, -0.1) is 0 Å². The van der Waals surface area contributed by atoms with Gasteiger partial charge in [0.15, 0.2) is 0 Å². The average molecular weight is 454 g/mol. The Morgan fingerprint density at radius 3 is 2.66 bits per heavy atom. The molecule has 0 radical (unpaired) electrons. The zero-order valence-electron chi connectivity index (χ0n) is 17.6. The van der Waals surface area contributed by atoms with Gasteiger partial charge in [0, 0.05) is 17.3 Å². The molecule has 4 aliphatic heterocycles. The number of nitrogens with zero attached hydrogens (tertiary/aromatic N) is 2. The molecule has 6 rings (SSSR count). The van der Waals surface area contributed by atoms with Gasteiger partial charge in [0.25, 0.3) is 0 Å². The number of hydrogen-bond donors (Lipinski definition) is 1. The number of nitrogens with one attached hydrogen (secondary N) is 1. The summed E-state index contributed by atoms with van der Waals surface area (Å²) in [6.45, 7) is 4.56. The van der Waals surface area contributed by atoms with Gasteiger partial charge >= 0.3 is 0 Å². The Labute approximate surface area is 189 Å². The molecule has 2 aromatic carbocycles. The fourth-order valence-corrected chi connectivity index (χ4v) is 6.71. The first-order valence-corrected chi connectivity index (χ1v) is 11.2. The molecule has 0 unspecified atom stereocenters. The van der Waals surface area contributed by atoms with Gasteiger partial charge < -0.3 is 5.32 Å². The number of carbonyl (C=O) groups is 3. The Bertz CT molecular complexity index is 1250. The number of aryl methyl sites for hydroxylation is 2. The number of halogens is 2. The highest BCUT2D eigenvalue weighted by molar-refractivity contribution is 6.32. The van der Waals surface area contributed by atoms with Gasteiger partial charge in [-0.2, -0.15) is 0 Å². The van der Waals surface area contributed by atoms with Crippen molar-refractivity contribution in [1.29, 1.82) is 0 Å². The summed E-state index contributed by atoms with van der Waals surface area (Å²) in [4.78, 5) is 44.4. The van der Waals surface area contributed by atoms with Gasteiger partial charge in [0.05, 0.1) is 22.5 Å². The molecule has 0 aromatic heterocycles. The van der Waals surface area contributed by atoms with Crippen molar-refractivity contribution < 1.29 is 18.8 Å². The monoisotopic (exact) mass is 453 g/mol. The van der Waals surface area contributed by atoms with E-state index in [1.807, 2.05) is 26.0 Å². The number of imide groups is 1. The van der Waals surface area contributed by atoms with Gasteiger partial charge in [-0.25, -0.2) is 9.29 Å². The molecule has 32 heavy (non-hydrogen) atoms. The maximum Gasteiger partial charge on any atom is 0.250 e. The minimum atomic E-state index is -1.22. The van der Waals surface area contributed by atoms with Crippen molar-refractivity contribution >= 4 is 40.7 Å². The van der Waals surface area contributed by atoms with Crippen LogP contribution in [0.3, 0.4) is 0 Å². The Balaban J connectivity index is 1.57. The summed E-state index contributed by atoms with van der Waals surface area (Å²) in [5, 5.41) is 2.86. The summed E-state index contributed by atoms with van der Waals surface area (Å²) in [7, 11) is 0. The van der Waals surface area contributed by atoms with Crippen LogP contribution in [-0.2, 0) is 19.9 Å². The Morgan fingerprint density at radius 2 is 1.91 bits per heavy atom. The third-order valence-corrected chi connectivity index (χ3v) is 7.89. The van der Waals surface area contributed by atoms with Crippen molar-refractivity contribution in [1.82, 2.24) is 4.90 Å². The number of carbonyl (C=O) groups excluding carboxylic acids is 3. The molecule has 4 atom stereocenters. The van der Waals surface area contributed by atoms with Crippen LogP contribution < -0.4 is 10.2 Å². The molecule has 1 spiro atoms. The molecule has 0 bridgehead atoms. The zero-order chi connectivity index (χ0) is 22.5. The van der Waals surface area contributed by atoms with E-state index in [1.165, 1.54) is 12.1 Å². The Kier molecular flexibility index (Phi) is 3.97. The third-order valence-electron chi connectivity index (χ3n) is 7.60. The zero-order valence-corrected chi connectivity index (χ0v) is 18.4. The summed E-state index contributed by atoms with van der Waals surface area (Å²) in [6.07, 6.45) is 1.60. The fraction of sp³-hybridized carbons (Fsp3) is 0.375. The van der Waals surface area contributed by atoms with E-state index in [0.717, 1.165) is 46.2 Å². The quantitative estimate of drug-likeness (QED) is 0.671. The van der Waals surface area contributed by atoms with E-state index in [4.69, 9.17) is 11.6 Å². The van der Waals surface area contributed by atoms with Crippen molar-refractivity contribution in [3.8, 4) is 0 Å². The second-order valence-electron chi connectivity index (χ2n) is 9.24. The Hall–Kier alpha value is -2.77. The summed E-state index contributed by atoms with van der Waals surface area (Å²) in [5.74, 6) is -3.12. The first-order valence-electron chi connectivity index (χ1n) is 10.8. The second kappa shape index (κ2) is 6.39. The molecule has 8 heteroatoms. The molecule has 4 heterocycles. The van der Waals surface area contributed by atoms with E-state index < -0.39 is 29.1 Å². The minimum Gasteiger partial charge on any atom is -0.324 e. The Morgan fingerprint density at radius 1 is 1.12 bits per heavy atom. The molecular formula is C24H21ClFN3O3. The molecule has 4 aliphatic rings. The number of benzene rings is 2. The van der Waals surface area contributed by atoms with E-state index in [2.05, 4.69) is 10.2 Å². The van der Waals surface area contributed by atoms with Crippen LogP contribution in [0.4, 0.5) is 15.8 Å². The van der Waals surface area contributed by atoms with Crippen molar-refractivity contribution in [2.24, 2.45) is 11.8 Å². The maximum absolute atomic E-state index is 13.9. The SMILES string of the molecule is Cc1cc(C)c2c(c1)[C@@]1(C(=O)N2)[C@H]2C(=O)N(c3ccc(F)c(Cl)c3)C(=O)[C@@H]2[C@H]2CCCN21. The summed E-state index contributed by atoms with van der Waals surface area (Å²) < 4.78 is 13.7. The number of anilines is 2. The average Bonchev–Trinajstić information content (AvgIpc) is 3.44. The molecule has 1 N–H and O–H groups in total. The molecule has 164 valence electrons. The molecule has 0 saturated carbocycles. The van der Waals surface area contributed by atoms with Gasteiger partial charge in [-0.3, -0.25) is 19.3 Å². The molecule has 3 fully saturated rings. The van der Waals surface area contributed by atoms with Gasteiger partial charge in [0.1, 0.15) is 11.4 Å². The highest BCUT2D eigenvalue weighted by atomic mass is 35.5. The normalized spacial score (nSPS) is 30.8. The smallest absolute Gasteiger partial charge is 0.250 e. The predicted molar refractivity (Wildman–Crippen MR) is 117 cm³/mol. The largest absolute Gasteiger partial charge is 0.324 e. The van der Waals surface area contributed by atoms with Crippen LogP contribution in [0.1, 0.15) is 29.5 Å². The van der Waals surface area contributed by atoms with Crippen LogP contribution in [0, 0.1) is 31.5 Å². The first-order chi connectivity index (χ1) is 15.3. The molecule has 2 aromatic rings. The van der Waals surface area contributed by atoms with Gasteiger partial charge in [0.2, 0.25) is 17.7 Å². The summed E-state index contributed by atoms with van der Waals surface area (Å²) in [6, 6.07) is 7.59. The lowest BCUT2D eigenvalue weighted by molar-refractivity contribution is -0.135. The molecule has 6 nitrogen and oxygen atoms in total. The number of amides is 3. The van der Waals surface area contributed by atoms with Crippen LogP contribution >= 0.6 is 11.6 Å². The lowest BCUT2D eigenvalue weighted by Crippen LogP contribution is -2.54. The summed E-state index contributed by atoms with van der Waals surface area (Å²) in [5.41, 5.74) is 2.46. The minimum absolute atomic E-state index is 0.160. The maximum atomic E-state index is 13.9. The standard InChI is InChI=1S/C24H21ClFN3O3/c1-11-8-12(2)20-14(9-11)24(23(32)27-20)19-18(17-4-3-7-28(17)24)21(30)29(22(19)31)13-5-6-16(26)15(25)10-13/h5-6,8-10,17-19H,3-4,7H2,1-2H3,(H,27,32)/t17-,18-,19-,24+/m1/s1. The number of fused-ring (bicyclic) bond motifs is 7. The lowest BCUT2D eigenvalue weighted by atomic mass is 9.75. The van der Waals surface area contributed by atoms with Crippen molar-refractivity contribution in [2.75, 3.05) is 16.8 Å². The fourth-order valence-electron chi connectivity index (χ4n) is 6.54. The van der Waals surface area contributed by atoms with Crippen molar-refractivity contribution in [3.63, 3.8) is 0 Å². The van der Waals surface area contributed by atoms with E-state index in [9.17, 15) is 18.8 Å². The molecule has 3 amide bonds. The first kappa shape index (κ1) is 19.9. The van der Waals surface area contributed by atoms with E-state index in [0.29, 0.717) is 6.54 Å². The van der Waals surface area contributed by atoms with Gasteiger partial charge in [-0.05, 0) is 57.0 Å². The highest BCUT2D eigenvalue weighted by Crippen LogP contribution is 2.61. The molecular weight excluding hydrogens is 433 g/mol. The van der Waals surface area contributed by atoms with E-state index >= 15 is 0 Å². The van der Waals surface area contributed by atoms with Crippen LogP contribution in [0.2, 0.25) is 5.02 Å².